The van der Waals surface area contributed by atoms with Crippen molar-refractivity contribution in [3.63, 3.8) is 0 Å². The average molecular weight is 392 g/mol. The molecule has 0 radical (unpaired) electrons. The van der Waals surface area contributed by atoms with Crippen molar-refractivity contribution in [2.24, 2.45) is 0 Å². The molecule has 0 atom stereocenters. The zero-order valence-corrected chi connectivity index (χ0v) is 14.0. The van der Waals surface area contributed by atoms with Crippen molar-refractivity contribution in [2.75, 3.05) is 11.1 Å². The second-order valence-electron chi connectivity index (χ2n) is 4.29. The van der Waals surface area contributed by atoms with Gasteiger partial charge in [0.1, 0.15) is 0 Å². The van der Waals surface area contributed by atoms with Gasteiger partial charge in [0, 0.05) is 22.4 Å². The molecule has 23 heavy (non-hydrogen) atoms. The fraction of sp³-hybridized carbons (Fsp3) is 0.0714. The van der Waals surface area contributed by atoms with Gasteiger partial charge >= 0.3 is 0 Å². The zero-order valence-electron chi connectivity index (χ0n) is 11.6. The standard InChI is InChI=1S/C14H10BrN5O2S/c15-10-4-1-3-9(7-10)12-19-20-14(22-12)23-8-11(21)18-13-16-5-2-6-17-13/h1-7H,8H2,(H,16,17,18,21). The van der Waals surface area contributed by atoms with Crippen LogP contribution in [0.25, 0.3) is 11.5 Å². The first-order valence-corrected chi connectivity index (χ1v) is 8.28. The number of carbonyl (C=O) groups excluding carboxylic acids is 1. The van der Waals surface area contributed by atoms with E-state index in [9.17, 15) is 4.79 Å². The Labute approximate surface area is 144 Å². The van der Waals surface area contributed by atoms with Gasteiger partial charge in [-0.2, -0.15) is 0 Å². The van der Waals surface area contributed by atoms with E-state index in [4.69, 9.17) is 4.42 Å². The first kappa shape index (κ1) is 15.6. The van der Waals surface area contributed by atoms with E-state index in [0.717, 1.165) is 21.8 Å². The number of carbonyl (C=O) groups is 1. The van der Waals surface area contributed by atoms with Crippen LogP contribution >= 0.6 is 27.7 Å². The van der Waals surface area contributed by atoms with Crippen molar-refractivity contribution in [3.8, 4) is 11.5 Å². The molecule has 0 bridgehead atoms. The fourth-order valence-corrected chi connectivity index (χ4v) is 2.62. The van der Waals surface area contributed by atoms with Gasteiger partial charge in [0.2, 0.25) is 17.7 Å². The lowest BCUT2D eigenvalue weighted by molar-refractivity contribution is -0.113. The molecule has 0 unspecified atom stereocenters. The first-order chi connectivity index (χ1) is 11.2. The Morgan fingerprint density at radius 1 is 1.22 bits per heavy atom. The molecule has 0 saturated carbocycles. The molecule has 3 aromatic rings. The van der Waals surface area contributed by atoms with Crippen molar-refractivity contribution in [1.82, 2.24) is 20.2 Å². The number of hydrogen-bond acceptors (Lipinski definition) is 7. The molecule has 3 rings (SSSR count). The van der Waals surface area contributed by atoms with Crippen LogP contribution in [0.3, 0.4) is 0 Å². The maximum absolute atomic E-state index is 11.8. The summed E-state index contributed by atoms with van der Waals surface area (Å²) < 4.78 is 6.45. The predicted molar refractivity (Wildman–Crippen MR) is 88.8 cm³/mol. The van der Waals surface area contributed by atoms with Crippen molar-refractivity contribution in [3.05, 3.63) is 47.2 Å². The van der Waals surface area contributed by atoms with E-state index >= 15 is 0 Å². The maximum Gasteiger partial charge on any atom is 0.277 e. The monoisotopic (exact) mass is 391 g/mol. The molecular weight excluding hydrogens is 382 g/mol. The smallest absolute Gasteiger partial charge is 0.277 e. The van der Waals surface area contributed by atoms with Gasteiger partial charge in [-0.1, -0.05) is 33.8 Å². The lowest BCUT2D eigenvalue weighted by Gasteiger charge is -2.00. The number of nitrogens with zero attached hydrogens (tertiary/aromatic N) is 4. The third kappa shape index (κ3) is 4.36. The number of benzene rings is 1. The van der Waals surface area contributed by atoms with E-state index in [-0.39, 0.29) is 17.6 Å². The minimum Gasteiger partial charge on any atom is -0.411 e. The van der Waals surface area contributed by atoms with Crippen molar-refractivity contribution >= 4 is 39.5 Å². The molecule has 0 aliphatic carbocycles. The highest BCUT2D eigenvalue weighted by Crippen LogP contribution is 2.25. The van der Waals surface area contributed by atoms with Gasteiger partial charge in [-0.05, 0) is 24.3 Å². The third-order valence-electron chi connectivity index (χ3n) is 2.62. The van der Waals surface area contributed by atoms with E-state index in [0.29, 0.717) is 11.1 Å². The van der Waals surface area contributed by atoms with Gasteiger partial charge in [-0.3, -0.25) is 10.1 Å². The number of thioether (sulfide) groups is 1. The van der Waals surface area contributed by atoms with Gasteiger partial charge in [0.05, 0.1) is 5.75 Å². The summed E-state index contributed by atoms with van der Waals surface area (Å²) in [5.41, 5.74) is 0.806. The molecule has 1 amide bonds. The Balaban J connectivity index is 1.58. The van der Waals surface area contributed by atoms with Gasteiger partial charge in [-0.25, -0.2) is 9.97 Å². The van der Waals surface area contributed by atoms with E-state index < -0.39 is 0 Å². The highest BCUT2D eigenvalue weighted by molar-refractivity contribution is 9.10. The third-order valence-corrected chi connectivity index (χ3v) is 3.93. The molecule has 0 spiro atoms. The summed E-state index contributed by atoms with van der Waals surface area (Å²) >= 11 is 4.54. The summed E-state index contributed by atoms with van der Waals surface area (Å²) in [4.78, 5) is 19.6. The topological polar surface area (TPSA) is 93.8 Å². The Bertz CT molecular complexity index is 812. The summed E-state index contributed by atoms with van der Waals surface area (Å²) in [6.07, 6.45) is 3.11. The zero-order chi connectivity index (χ0) is 16.1. The van der Waals surface area contributed by atoms with Crippen LogP contribution in [-0.4, -0.2) is 31.8 Å². The van der Waals surface area contributed by atoms with Crippen molar-refractivity contribution in [2.45, 2.75) is 5.22 Å². The van der Waals surface area contributed by atoms with Crippen LogP contribution in [0.2, 0.25) is 0 Å². The van der Waals surface area contributed by atoms with E-state index in [1.165, 1.54) is 0 Å². The Hall–Kier alpha value is -2.26. The van der Waals surface area contributed by atoms with Crippen LogP contribution in [0.5, 0.6) is 0 Å². The van der Waals surface area contributed by atoms with Crippen LogP contribution < -0.4 is 5.32 Å². The van der Waals surface area contributed by atoms with E-state index in [1.54, 1.807) is 18.5 Å². The van der Waals surface area contributed by atoms with Crippen LogP contribution in [0.4, 0.5) is 5.95 Å². The molecule has 9 heteroatoms. The molecule has 2 aromatic heterocycles. The number of halogens is 1. The largest absolute Gasteiger partial charge is 0.411 e. The van der Waals surface area contributed by atoms with Crippen LogP contribution in [0.1, 0.15) is 0 Å². The molecule has 1 aromatic carbocycles. The number of aromatic nitrogens is 4. The second-order valence-corrected chi connectivity index (χ2v) is 6.13. The molecule has 0 saturated heterocycles. The molecule has 116 valence electrons. The average Bonchev–Trinajstić information content (AvgIpc) is 3.03. The fourth-order valence-electron chi connectivity index (χ4n) is 1.66. The number of hydrogen-bond donors (Lipinski definition) is 1. The molecule has 0 fully saturated rings. The van der Waals surface area contributed by atoms with E-state index in [1.807, 2.05) is 24.3 Å². The van der Waals surface area contributed by atoms with Crippen LogP contribution in [-0.2, 0) is 4.79 Å². The normalized spacial score (nSPS) is 10.5. The van der Waals surface area contributed by atoms with Crippen molar-refractivity contribution in [1.29, 1.82) is 0 Å². The molecule has 2 heterocycles. The van der Waals surface area contributed by atoms with Gasteiger partial charge < -0.3 is 4.42 Å². The van der Waals surface area contributed by atoms with E-state index in [2.05, 4.69) is 41.4 Å². The molecule has 1 N–H and O–H groups in total. The van der Waals surface area contributed by atoms with Crippen molar-refractivity contribution < 1.29 is 9.21 Å². The predicted octanol–water partition coefficient (Wildman–Crippen LogP) is 3.02. The number of rotatable bonds is 5. The minimum atomic E-state index is -0.247. The highest BCUT2D eigenvalue weighted by atomic mass is 79.9. The molecular formula is C14H10BrN5O2S. The maximum atomic E-state index is 11.8. The van der Waals surface area contributed by atoms with Gasteiger partial charge in [0.15, 0.2) is 0 Å². The summed E-state index contributed by atoms with van der Waals surface area (Å²) in [6.45, 7) is 0. The Kier molecular flexibility index (Phi) is 4.99. The molecule has 0 aliphatic heterocycles. The SMILES string of the molecule is O=C(CSc1nnc(-c2cccc(Br)c2)o1)Nc1ncccn1. The number of amides is 1. The lowest BCUT2D eigenvalue weighted by Crippen LogP contribution is -2.15. The highest BCUT2D eigenvalue weighted by Gasteiger charge is 2.12. The van der Waals surface area contributed by atoms with Crippen LogP contribution in [0.15, 0.2) is 56.8 Å². The first-order valence-electron chi connectivity index (χ1n) is 6.50. The minimum absolute atomic E-state index is 0.123. The summed E-state index contributed by atoms with van der Waals surface area (Å²) in [5, 5.41) is 10.8. The Morgan fingerprint density at radius 2 is 2.04 bits per heavy atom. The second kappa shape index (κ2) is 7.34. The number of nitrogens with one attached hydrogen (secondary N) is 1. The van der Waals surface area contributed by atoms with Crippen LogP contribution in [0, 0.1) is 0 Å². The summed E-state index contributed by atoms with van der Waals surface area (Å²) in [7, 11) is 0. The molecule has 0 aliphatic rings. The lowest BCUT2D eigenvalue weighted by atomic mass is 10.2. The summed E-state index contributed by atoms with van der Waals surface area (Å²) in [5.74, 6) is 0.542. The quantitative estimate of drug-likeness (QED) is 0.667. The van der Waals surface area contributed by atoms with Gasteiger partial charge in [-0.15, -0.1) is 10.2 Å². The summed E-state index contributed by atoms with van der Waals surface area (Å²) in [6, 6.07) is 9.20. The molecule has 7 nitrogen and oxygen atoms in total. The van der Waals surface area contributed by atoms with Gasteiger partial charge in [0.25, 0.3) is 5.22 Å². The number of anilines is 1. The Morgan fingerprint density at radius 3 is 2.83 bits per heavy atom.